The Kier molecular flexibility index (Phi) is 7.11. The number of allylic oxidation sites excluding steroid dienone is 1. The third-order valence-corrected chi connectivity index (χ3v) is 8.42. The average molecular weight is 526 g/mol. The van der Waals surface area contributed by atoms with Crippen molar-refractivity contribution in [3.8, 4) is 5.75 Å². The molecular formula is C34H40FN3O. The van der Waals surface area contributed by atoms with Gasteiger partial charge < -0.3 is 15.8 Å². The fourth-order valence-electron chi connectivity index (χ4n) is 6.63. The molecule has 0 bridgehead atoms. The molecule has 0 saturated carbocycles. The highest BCUT2D eigenvalue weighted by atomic mass is 19.1. The quantitative estimate of drug-likeness (QED) is 0.322. The molecule has 5 heteroatoms. The zero-order valence-corrected chi connectivity index (χ0v) is 23.2. The lowest BCUT2D eigenvalue weighted by Crippen LogP contribution is -2.26. The van der Waals surface area contributed by atoms with Crippen LogP contribution in [0.2, 0.25) is 0 Å². The van der Waals surface area contributed by atoms with Crippen molar-refractivity contribution < 1.29 is 9.13 Å². The molecule has 3 aromatic rings. The zero-order valence-electron chi connectivity index (χ0n) is 23.2. The molecule has 1 fully saturated rings. The normalized spacial score (nSPS) is 20.3. The van der Waals surface area contributed by atoms with Crippen molar-refractivity contribution >= 4 is 22.5 Å². The fourth-order valence-corrected chi connectivity index (χ4v) is 6.63. The maximum absolute atomic E-state index is 12.6. The fraction of sp³-hybridized carbons (Fsp3) is 0.412. The van der Waals surface area contributed by atoms with Crippen molar-refractivity contribution in [2.24, 2.45) is 0 Å². The van der Waals surface area contributed by atoms with Gasteiger partial charge in [-0.1, -0.05) is 24.3 Å². The number of ether oxygens (including phenoxy) is 1. The topological polar surface area (TPSA) is 50.5 Å². The van der Waals surface area contributed by atoms with E-state index in [0.29, 0.717) is 6.42 Å². The van der Waals surface area contributed by atoms with E-state index in [2.05, 4.69) is 78.7 Å². The molecule has 39 heavy (non-hydrogen) atoms. The van der Waals surface area contributed by atoms with Gasteiger partial charge in [-0.15, -0.1) is 0 Å². The van der Waals surface area contributed by atoms with Gasteiger partial charge in [-0.05, 0) is 128 Å². The average Bonchev–Trinajstić information content (AvgIpc) is 3.43. The molecule has 6 rings (SSSR count). The number of rotatable bonds is 7. The molecule has 4 nitrogen and oxygen atoms in total. The lowest BCUT2D eigenvalue weighted by atomic mass is 9.87. The minimum absolute atomic E-state index is 0.0885. The minimum Gasteiger partial charge on any atom is -0.489 e. The van der Waals surface area contributed by atoms with Crippen molar-refractivity contribution in [1.82, 2.24) is 4.90 Å². The Labute approximate surface area is 232 Å². The number of fused-ring (bicyclic) bond motifs is 2. The molecule has 0 aromatic heterocycles. The standard InChI is InChI=1S/C34H40FN3O/c1-34(2)21-26-19-25(9-14-32(26)37-34)30-6-3-5-24-20-27(36)10-13-31(24)33(30)23-7-11-28(12-8-23)39-29-15-18-38(22-29)17-4-16-35/h7-14,19-20,29,37H,3-6,15-18,21-22,36H2,1-2H3/t29-/m0/s1. The van der Waals surface area contributed by atoms with Gasteiger partial charge in [0.25, 0.3) is 0 Å². The van der Waals surface area contributed by atoms with E-state index >= 15 is 0 Å². The summed E-state index contributed by atoms with van der Waals surface area (Å²) in [5, 5.41) is 3.67. The molecule has 0 unspecified atom stereocenters. The van der Waals surface area contributed by atoms with Gasteiger partial charge in [0, 0.05) is 36.5 Å². The summed E-state index contributed by atoms with van der Waals surface area (Å²) in [7, 11) is 0. The lowest BCUT2D eigenvalue weighted by molar-refractivity contribution is 0.198. The van der Waals surface area contributed by atoms with Crippen LogP contribution in [0.25, 0.3) is 11.1 Å². The Hall–Kier alpha value is -3.31. The smallest absolute Gasteiger partial charge is 0.119 e. The van der Waals surface area contributed by atoms with E-state index in [9.17, 15) is 4.39 Å². The van der Waals surface area contributed by atoms with Crippen molar-refractivity contribution in [1.29, 1.82) is 0 Å². The first-order valence-electron chi connectivity index (χ1n) is 14.5. The van der Waals surface area contributed by atoms with E-state index in [-0.39, 0.29) is 18.3 Å². The maximum atomic E-state index is 12.6. The largest absolute Gasteiger partial charge is 0.489 e. The Morgan fingerprint density at radius 3 is 2.64 bits per heavy atom. The molecule has 204 valence electrons. The van der Waals surface area contributed by atoms with E-state index in [1.165, 1.54) is 44.7 Å². The highest BCUT2D eigenvalue weighted by Crippen LogP contribution is 2.42. The van der Waals surface area contributed by atoms with E-state index < -0.39 is 0 Å². The van der Waals surface area contributed by atoms with E-state index in [0.717, 1.165) is 63.2 Å². The Bertz CT molecular complexity index is 1380. The van der Waals surface area contributed by atoms with Crippen LogP contribution in [0.15, 0.2) is 60.7 Å². The third-order valence-electron chi connectivity index (χ3n) is 8.42. The SMILES string of the molecule is CC1(C)Cc2cc(C3=C(c4ccc(O[C@H]5CCN(CCCF)C5)cc4)c4ccc(N)cc4CCC3)ccc2N1. The zero-order chi connectivity index (χ0) is 27.0. The number of benzene rings is 3. The molecule has 3 aliphatic rings. The molecule has 0 spiro atoms. The van der Waals surface area contributed by atoms with Crippen molar-refractivity contribution in [3.05, 3.63) is 88.5 Å². The summed E-state index contributed by atoms with van der Waals surface area (Å²) in [6.45, 7) is 6.94. The van der Waals surface area contributed by atoms with Crippen LogP contribution in [0, 0.1) is 0 Å². The number of alkyl halides is 1. The van der Waals surface area contributed by atoms with Crippen molar-refractivity contribution in [2.45, 2.75) is 64.0 Å². The Morgan fingerprint density at radius 2 is 1.82 bits per heavy atom. The van der Waals surface area contributed by atoms with Gasteiger partial charge in [-0.3, -0.25) is 9.29 Å². The summed E-state index contributed by atoms with van der Waals surface area (Å²) >= 11 is 0. The summed E-state index contributed by atoms with van der Waals surface area (Å²) in [6.07, 6.45) is 5.93. The van der Waals surface area contributed by atoms with E-state index in [1.54, 1.807) is 0 Å². The predicted molar refractivity (Wildman–Crippen MR) is 160 cm³/mol. The van der Waals surface area contributed by atoms with Crippen LogP contribution in [0.4, 0.5) is 15.8 Å². The monoisotopic (exact) mass is 525 g/mol. The third kappa shape index (κ3) is 5.56. The van der Waals surface area contributed by atoms with Crippen LogP contribution < -0.4 is 15.8 Å². The summed E-state index contributed by atoms with van der Waals surface area (Å²) in [5.41, 5.74) is 17.6. The van der Waals surface area contributed by atoms with Crippen LogP contribution >= 0.6 is 0 Å². The van der Waals surface area contributed by atoms with Gasteiger partial charge in [0.1, 0.15) is 11.9 Å². The number of likely N-dealkylation sites (tertiary alicyclic amines) is 1. The molecule has 0 radical (unpaired) electrons. The van der Waals surface area contributed by atoms with Crippen LogP contribution in [0.1, 0.15) is 67.3 Å². The number of aryl methyl sites for hydroxylation is 1. The second-order valence-electron chi connectivity index (χ2n) is 12.1. The highest BCUT2D eigenvalue weighted by molar-refractivity contribution is 6.00. The number of nitrogens with two attached hydrogens (primary N) is 1. The molecule has 3 aromatic carbocycles. The first kappa shape index (κ1) is 25.9. The molecule has 0 amide bonds. The number of hydrogen-bond acceptors (Lipinski definition) is 4. The molecule has 1 atom stereocenters. The number of nitrogens with zero attached hydrogens (tertiary/aromatic N) is 1. The van der Waals surface area contributed by atoms with Crippen molar-refractivity contribution in [2.75, 3.05) is 37.4 Å². The molecule has 1 aliphatic carbocycles. The van der Waals surface area contributed by atoms with Gasteiger partial charge in [0.15, 0.2) is 0 Å². The highest BCUT2D eigenvalue weighted by Gasteiger charge is 2.29. The number of anilines is 2. The van der Waals surface area contributed by atoms with E-state index in [1.807, 2.05) is 6.07 Å². The molecule has 1 saturated heterocycles. The number of hydrogen-bond donors (Lipinski definition) is 2. The molecule has 2 aliphatic heterocycles. The van der Waals surface area contributed by atoms with Crippen LogP contribution in [0.3, 0.4) is 0 Å². The van der Waals surface area contributed by atoms with Gasteiger partial charge in [-0.2, -0.15) is 0 Å². The van der Waals surface area contributed by atoms with Crippen LogP contribution in [0.5, 0.6) is 5.75 Å². The first-order chi connectivity index (χ1) is 18.9. The lowest BCUT2D eigenvalue weighted by Gasteiger charge is -2.19. The van der Waals surface area contributed by atoms with Gasteiger partial charge in [0.05, 0.1) is 6.67 Å². The van der Waals surface area contributed by atoms with E-state index in [4.69, 9.17) is 10.5 Å². The Morgan fingerprint density at radius 1 is 1.00 bits per heavy atom. The Balaban J connectivity index is 1.34. The summed E-state index contributed by atoms with van der Waals surface area (Å²) in [5.74, 6) is 0.898. The first-order valence-corrected chi connectivity index (χ1v) is 14.5. The summed E-state index contributed by atoms with van der Waals surface area (Å²) < 4.78 is 18.9. The number of nitrogens with one attached hydrogen (secondary N) is 1. The van der Waals surface area contributed by atoms with Crippen LogP contribution in [-0.4, -0.2) is 42.9 Å². The molecule has 2 heterocycles. The molecular weight excluding hydrogens is 485 g/mol. The van der Waals surface area contributed by atoms with Crippen LogP contribution in [-0.2, 0) is 12.8 Å². The predicted octanol–water partition coefficient (Wildman–Crippen LogP) is 7.12. The second kappa shape index (κ2) is 10.7. The van der Waals surface area contributed by atoms with Crippen molar-refractivity contribution in [3.63, 3.8) is 0 Å². The minimum atomic E-state index is -0.253. The molecule has 3 N–H and O–H groups in total. The maximum Gasteiger partial charge on any atom is 0.119 e. The second-order valence-corrected chi connectivity index (χ2v) is 12.1. The van der Waals surface area contributed by atoms with Gasteiger partial charge in [-0.25, -0.2) is 0 Å². The van der Waals surface area contributed by atoms with Gasteiger partial charge >= 0.3 is 0 Å². The number of nitrogen functional groups attached to an aromatic ring is 1. The summed E-state index contributed by atoms with van der Waals surface area (Å²) in [6, 6.07) is 22.0. The summed E-state index contributed by atoms with van der Waals surface area (Å²) in [4.78, 5) is 2.30. The van der Waals surface area contributed by atoms with Gasteiger partial charge in [0.2, 0.25) is 0 Å². The number of halogens is 1.